The lowest BCUT2D eigenvalue weighted by atomic mass is 9.80. The van der Waals surface area contributed by atoms with Crippen LogP contribution in [0.4, 0.5) is 5.82 Å². The van der Waals surface area contributed by atoms with Crippen LogP contribution in [0.2, 0.25) is 0 Å². The van der Waals surface area contributed by atoms with Crippen molar-refractivity contribution in [2.24, 2.45) is 17.8 Å². The molecule has 3 aromatic rings. The molecule has 0 amide bonds. The van der Waals surface area contributed by atoms with E-state index in [4.69, 9.17) is 4.98 Å². The van der Waals surface area contributed by atoms with Crippen molar-refractivity contribution in [3.8, 4) is 11.6 Å². The van der Waals surface area contributed by atoms with Crippen molar-refractivity contribution in [3.63, 3.8) is 0 Å². The molecule has 2 fully saturated rings. The molecule has 0 aliphatic heterocycles. The van der Waals surface area contributed by atoms with Crippen LogP contribution in [0.25, 0.3) is 22.8 Å². The first-order chi connectivity index (χ1) is 16.4. The average Bonchev–Trinajstić information content (AvgIpc) is 3.37. The number of nitrogens with one attached hydrogen (secondary N) is 2. The Kier molecular flexibility index (Phi) is 6.39. The lowest BCUT2D eigenvalue weighted by Crippen LogP contribution is -2.31. The Morgan fingerprint density at radius 2 is 1.94 bits per heavy atom. The van der Waals surface area contributed by atoms with Gasteiger partial charge in [0.15, 0.2) is 11.5 Å². The SMILES string of the molecule is CC1CCC(Cn2c(C(O)CO)nc3nc(-c4noc(=O)[nH]4)nc(NC(C)C4CCC4)c32)CC1. The molecule has 0 bridgehead atoms. The molecule has 0 saturated heterocycles. The molecule has 4 N–H and O–H groups in total. The number of rotatable bonds is 8. The van der Waals surface area contributed by atoms with E-state index >= 15 is 0 Å². The van der Waals surface area contributed by atoms with Crippen molar-refractivity contribution in [1.29, 1.82) is 0 Å². The van der Waals surface area contributed by atoms with Crippen molar-refractivity contribution in [2.45, 2.75) is 77.5 Å². The highest BCUT2D eigenvalue weighted by Crippen LogP contribution is 2.35. The number of nitrogens with zero attached hydrogens (tertiary/aromatic N) is 5. The molecule has 3 aromatic heterocycles. The molecule has 2 atom stereocenters. The van der Waals surface area contributed by atoms with E-state index < -0.39 is 18.5 Å². The summed E-state index contributed by atoms with van der Waals surface area (Å²) in [5.74, 6) is 2.29. The number of aliphatic hydroxyl groups excluding tert-OH is 2. The smallest absolute Gasteiger partial charge is 0.393 e. The lowest BCUT2D eigenvalue weighted by molar-refractivity contribution is 0.0846. The molecule has 5 rings (SSSR count). The van der Waals surface area contributed by atoms with Crippen LogP contribution < -0.4 is 11.1 Å². The molecule has 2 aliphatic carbocycles. The second kappa shape index (κ2) is 9.46. The van der Waals surface area contributed by atoms with Gasteiger partial charge in [0.2, 0.25) is 11.6 Å². The first kappa shape index (κ1) is 23.0. The first-order valence-corrected chi connectivity index (χ1v) is 12.3. The second-order valence-corrected chi connectivity index (χ2v) is 10.0. The van der Waals surface area contributed by atoms with Gasteiger partial charge in [-0.05, 0) is 50.4 Å². The highest BCUT2D eigenvalue weighted by molar-refractivity contribution is 5.85. The van der Waals surface area contributed by atoms with Crippen molar-refractivity contribution < 1.29 is 14.7 Å². The predicted octanol–water partition coefficient (Wildman–Crippen LogP) is 2.62. The molecule has 11 heteroatoms. The highest BCUT2D eigenvalue weighted by atomic mass is 16.5. The van der Waals surface area contributed by atoms with Crippen LogP contribution in [-0.2, 0) is 6.54 Å². The molecule has 3 heterocycles. The van der Waals surface area contributed by atoms with E-state index in [9.17, 15) is 15.0 Å². The van der Waals surface area contributed by atoms with Crippen LogP contribution in [0.15, 0.2) is 9.32 Å². The minimum atomic E-state index is -1.14. The zero-order chi connectivity index (χ0) is 23.8. The lowest BCUT2D eigenvalue weighted by Gasteiger charge is -2.32. The average molecular weight is 472 g/mol. The monoisotopic (exact) mass is 471 g/mol. The number of aliphatic hydroxyl groups is 2. The number of hydrogen-bond acceptors (Lipinski definition) is 9. The summed E-state index contributed by atoms with van der Waals surface area (Å²) in [5, 5.41) is 27.6. The van der Waals surface area contributed by atoms with Gasteiger partial charge >= 0.3 is 5.76 Å². The molecular weight excluding hydrogens is 438 g/mol. The molecule has 11 nitrogen and oxygen atoms in total. The van der Waals surface area contributed by atoms with Gasteiger partial charge in [-0.3, -0.25) is 9.51 Å². The van der Waals surface area contributed by atoms with Crippen LogP contribution in [0.5, 0.6) is 0 Å². The molecule has 0 radical (unpaired) electrons. The van der Waals surface area contributed by atoms with Gasteiger partial charge in [-0.1, -0.05) is 31.3 Å². The topological polar surface area (TPSA) is 155 Å². The number of aromatic amines is 1. The minimum absolute atomic E-state index is 0.117. The minimum Gasteiger partial charge on any atom is -0.393 e. The fourth-order valence-corrected chi connectivity index (χ4v) is 5.15. The van der Waals surface area contributed by atoms with Gasteiger partial charge in [0, 0.05) is 12.6 Å². The summed E-state index contributed by atoms with van der Waals surface area (Å²) in [6, 6.07) is 0.182. The molecule has 0 aromatic carbocycles. The van der Waals surface area contributed by atoms with E-state index in [1.54, 1.807) is 0 Å². The van der Waals surface area contributed by atoms with Crippen LogP contribution >= 0.6 is 0 Å². The maximum atomic E-state index is 11.5. The highest BCUT2D eigenvalue weighted by Gasteiger charge is 2.29. The van der Waals surface area contributed by atoms with Gasteiger partial charge in [0.25, 0.3) is 0 Å². The number of aromatic nitrogens is 6. The molecule has 2 unspecified atom stereocenters. The van der Waals surface area contributed by atoms with E-state index in [1.807, 2.05) is 4.57 Å². The van der Waals surface area contributed by atoms with Crippen molar-refractivity contribution in [2.75, 3.05) is 11.9 Å². The van der Waals surface area contributed by atoms with E-state index in [1.165, 1.54) is 32.1 Å². The summed E-state index contributed by atoms with van der Waals surface area (Å²) in [5.41, 5.74) is 1.07. The first-order valence-electron chi connectivity index (χ1n) is 12.3. The van der Waals surface area contributed by atoms with Crippen molar-refractivity contribution >= 4 is 17.0 Å². The number of anilines is 1. The molecule has 34 heavy (non-hydrogen) atoms. The fraction of sp³-hybridized carbons (Fsp3) is 0.696. The Morgan fingerprint density at radius 1 is 1.18 bits per heavy atom. The van der Waals surface area contributed by atoms with E-state index in [0.717, 1.165) is 18.8 Å². The number of H-pyrrole nitrogens is 1. The summed E-state index contributed by atoms with van der Waals surface area (Å²) in [4.78, 5) is 27.9. The molecule has 184 valence electrons. The Morgan fingerprint density at radius 3 is 2.56 bits per heavy atom. The number of hydrogen-bond donors (Lipinski definition) is 4. The van der Waals surface area contributed by atoms with Crippen molar-refractivity contribution in [3.05, 3.63) is 16.4 Å². The zero-order valence-corrected chi connectivity index (χ0v) is 19.7. The molecule has 0 spiro atoms. The third-order valence-corrected chi connectivity index (χ3v) is 7.55. The van der Waals surface area contributed by atoms with E-state index in [2.05, 4.69) is 43.8 Å². The third kappa shape index (κ3) is 4.46. The summed E-state index contributed by atoms with van der Waals surface area (Å²) in [6.45, 7) is 4.66. The van der Waals surface area contributed by atoms with Crippen LogP contribution in [0.1, 0.15) is 70.7 Å². The van der Waals surface area contributed by atoms with Gasteiger partial charge < -0.3 is 20.1 Å². The maximum absolute atomic E-state index is 11.5. The Balaban J connectivity index is 1.62. The number of fused-ring (bicyclic) bond motifs is 1. The van der Waals surface area contributed by atoms with Gasteiger partial charge in [-0.2, -0.15) is 0 Å². The molecule has 2 saturated carbocycles. The van der Waals surface area contributed by atoms with Crippen LogP contribution in [0.3, 0.4) is 0 Å². The number of imidazole rings is 1. The maximum Gasteiger partial charge on any atom is 0.439 e. The van der Waals surface area contributed by atoms with Crippen molar-refractivity contribution in [1.82, 2.24) is 29.7 Å². The third-order valence-electron chi connectivity index (χ3n) is 7.55. The Labute approximate surface area is 197 Å². The summed E-state index contributed by atoms with van der Waals surface area (Å²) < 4.78 is 6.62. The largest absolute Gasteiger partial charge is 0.439 e. The van der Waals surface area contributed by atoms with Crippen LogP contribution in [-0.4, -0.2) is 52.5 Å². The quantitative estimate of drug-likeness (QED) is 0.388. The second-order valence-electron chi connectivity index (χ2n) is 10.0. The predicted molar refractivity (Wildman–Crippen MR) is 125 cm³/mol. The van der Waals surface area contributed by atoms with E-state index in [-0.39, 0.29) is 17.7 Å². The Hall–Kier alpha value is -2.79. The summed E-state index contributed by atoms with van der Waals surface area (Å²) >= 11 is 0. The fourth-order valence-electron chi connectivity index (χ4n) is 5.15. The molecule has 2 aliphatic rings. The summed E-state index contributed by atoms with van der Waals surface area (Å²) in [7, 11) is 0. The van der Waals surface area contributed by atoms with Gasteiger partial charge in [0.1, 0.15) is 17.4 Å². The van der Waals surface area contributed by atoms with Gasteiger partial charge in [-0.15, -0.1) is 0 Å². The Bertz CT molecular complexity index is 1190. The van der Waals surface area contributed by atoms with Gasteiger partial charge in [-0.25, -0.2) is 19.7 Å². The molecular formula is C23H33N7O4. The van der Waals surface area contributed by atoms with E-state index in [0.29, 0.717) is 41.2 Å². The van der Waals surface area contributed by atoms with Gasteiger partial charge in [0.05, 0.1) is 6.61 Å². The normalized spacial score (nSPS) is 23.1. The van der Waals surface area contributed by atoms with Crippen LogP contribution in [0, 0.1) is 17.8 Å². The summed E-state index contributed by atoms with van der Waals surface area (Å²) in [6.07, 6.45) is 7.00. The standard InChI is InChI=1S/C23H33N7O4/c1-12-6-8-14(9-7-12)10-30-17-18(24-13(2)15-4-3-5-15)25-20(21-28-23(33)34-29-21)26-19(17)27-22(30)16(32)11-31/h12-16,31-32H,3-11H2,1-2H3,(H,24,25,26)(H,28,29,33). The zero-order valence-electron chi connectivity index (χ0n) is 19.7.